The smallest absolute Gasteiger partial charge is 0.260 e. The van der Waals surface area contributed by atoms with Crippen LogP contribution in [0.3, 0.4) is 0 Å². The van der Waals surface area contributed by atoms with Crippen molar-refractivity contribution in [2.75, 3.05) is 0 Å². The Labute approximate surface area is 138 Å². The van der Waals surface area contributed by atoms with Crippen molar-refractivity contribution < 1.29 is 26.6 Å². The first kappa shape index (κ1) is 19.4. The van der Waals surface area contributed by atoms with Crippen LogP contribution < -0.4 is 4.74 Å². The zero-order chi connectivity index (χ0) is 14.6. The third-order valence-corrected chi connectivity index (χ3v) is 2.73. The van der Waals surface area contributed by atoms with Crippen LogP contribution in [0.2, 0.25) is 0 Å². The molecule has 2 nitrogen and oxygen atoms in total. The maximum atomic E-state index is 11.5. The molecular formula is C18H22FeO2-6. The van der Waals surface area contributed by atoms with E-state index in [1.54, 1.807) is 19.1 Å². The van der Waals surface area contributed by atoms with E-state index in [2.05, 4.69) is 6.92 Å². The molecule has 0 spiro atoms. The first-order valence-electron chi connectivity index (χ1n) is 7.01. The zero-order valence-corrected chi connectivity index (χ0v) is 13.7. The van der Waals surface area contributed by atoms with Gasteiger partial charge in [-0.1, -0.05) is 25.8 Å². The SMILES string of the molecule is CCCCC=C(C)C(=O)O[c-]1cccc1.[Fe].[cH-]1[cH-][cH-][cH-][cH-]1. The number of hydrogen-bond acceptors (Lipinski definition) is 2. The summed E-state index contributed by atoms with van der Waals surface area (Å²) in [6, 6.07) is 17.2. The molecule has 0 aliphatic carbocycles. The van der Waals surface area contributed by atoms with Crippen LogP contribution in [0.4, 0.5) is 0 Å². The number of carbonyl (C=O) groups excluding carboxylic acids is 1. The second kappa shape index (κ2) is 12.2. The first-order chi connectivity index (χ1) is 9.74. The van der Waals surface area contributed by atoms with Crippen LogP contribution in [-0.4, -0.2) is 5.97 Å². The summed E-state index contributed by atoms with van der Waals surface area (Å²) in [6.45, 7) is 3.92. The molecule has 0 aromatic heterocycles. The van der Waals surface area contributed by atoms with Crippen LogP contribution in [0.25, 0.3) is 0 Å². The second-order valence-corrected chi connectivity index (χ2v) is 4.50. The van der Waals surface area contributed by atoms with Gasteiger partial charge in [-0.3, -0.25) is 0 Å². The summed E-state index contributed by atoms with van der Waals surface area (Å²) in [4.78, 5) is 11.5. The Balaban J connectivity index is 0.000000562. The van der Waals surface area contributed by atoms with E-state index < -0.39 is 0 Å². The summed E-state index contributed by atoms with van der Waals surface area (Å²) in [5.41, 5.74) is 0.685. The Morgan fingerprint density at radius 2 is 1.67 bits per heavy atom. The van der Waals surface area contributed by atoms with Gasteiger partial charge < -0.3 is 39.9 Å². The summed E-state index contributed by atoms with van der Waals surface area (Å²) in [7, 11) is 0. The van der Waals surface area contributed by atoms with Gasteiger partial charge >= 0.3 is 0 Å². The standard InChI is InChI=1S/C13H17O2.C5H5.Fe/c1-3-4-5-8-11(2)13(14)15-12-9-6-7-10-12;1-2-4-5-3-1;/h6-10H,3-5H2,1-2H3;1-5H;/q-1;-5;. The molecule has 2 aromatic rings. The van der Waals surface area contributed by atoms with Gasteiger partial charge in [0.05, 0.1) is 0 Å². The normalized spacial score (nSPS) is 10.1. The molecule has 0 atom stereocenters. The van der Waals surface area contributed by atoms with Gasteiger partial charge in [0.15, 0.2) is 0 Å². The average molecular weight is 326 g/mol. The fourth-order valence-corrected chi connectivity index (χ4v) is 1.54. The molecule has 0 saturated heterocycles. The minimum Gasteiger partial charge on any atom is -0.748 e. The summed E-state index contributed by atoms with van der Waals surface area (Å²) >= 11 is 0. The quantitative estimate of drug-likeness (QED) is 0.258. The van der Waals surface area contributed by atoms with Gasteiger partial charge in [-0.05, 0) is 18.9 Å². The van der Waals surface area contributed by atoms with E-state index in [4.69, 9.17) is 4.74 Å². The summed E-state index contributed by atoms with van der Waals surface area (Å²) < 4.78 is 5.14. The molecule has 0 N–H and O–H groups in total. The van der Waals surface area contributed by atoms with Crippen molar-refractivity contribution in [1.29, 1.82) is 0 Å². The monoisotopic (exact) mass is 326 g/mol. The van der Waals surface area contributed by atoms with Crippen molar-refractivity contribution in [1.82, 2.24) is 0 Å². The Hall–Kier alpha value is -1.57. The van der Waals surface area contributed by atoms with Crippen molar-refractivity contribution >= 4 is 5.97 Å². The van der Waals surface area contributed by atoms with Crippen molar-refractivity contribution in [2.45, 2.75) is 33.1 Å². The van der Waals surface area contributed by atoms with Crippen molar-refractivity contribution in [3.63, 3.8) is 0 Å². The fraction of sp³-hybridized carbons (Fsp3) is 0.278. The van der Waals surface area contributed by atoms with Gasteiger partial charge in [0.2, 0.25) is 0 Å². The molecule has 0 aliphatic rings. The molecule has 2 aromatic carbocycles. The van der Waals surface area contributed by atoms with Crippen LogP contribution in [0.5, 0.6) is 5.75 Å². The Morgan fingerprint density at radius 1 is 1.14 bits per heavy atom. The van der Waals surface area contributed by atoms with Gasteiger partial charge in [0, 0.05) is 22.8 Å². The molecule has 0 amide bonds. The van der Waals surface area contributed by atoms with Crippen LogP contribution in [0, 0.1) is 0 Å². The summed E-state index contributed by atoms with van der Waals surface area (Å²) in [6.07, 6.45) is 5.13. The number of rotatable bonds is 5. The van der Waals surface area contributed by atoms with Gasteiger partial charge in [-0.15, -0.1) is 12.1 Å². The molecule has 0 unspecified atom stereocenters. The molecule has 0 saturated carbocycles. The predicted molar refractivity (Wildman–Crippen MR) is 83.0 cm³/mol. The molecule has 0 aliphatic heterocycles. The second-order valence-electron chi connectivity index (χ2n) is 4.50. The molecule has 0 heterocycles. The van der Waals surface area contributed by atoms with Crippen molar-refractivity contribution in [3.05, 3.63) is 66.2 Å². The Kier molecular flexibility index (Phi) is 11.3. The third-order valence-electron chi connectivity index (χ3n) is 2.73. The number of allylic oxidation sites excluding steroid dienone is 1. The van der Waals surface area contributed by atoms with Gasteiger partial charge in [0.25, 0.3) is 5.97 Å². The van der Waals surface area contributed by atoms with Crippen LogP contribution in [-0.2, 0) is 21.9 Å². The molecule has 3 heteroatoms. The number of carbonyl (C=O) groups is 1. The molecule has 0 bridgehead atoms. The average Bonchev–Trinajstić information content (AvgIpc) is 3.14. The van der Waals surface area contributed by atoms with Crippen LogP contribution in [0.15, 0.2) is 66.2 Å². The molecule has 0 radical (unpaired) electrons. The van der Waals surface area contributed by atoms with E-state index in [1.807, 2.05) is 48.5 Å². The summed E-state index contributed by atoms with van der Waals surface area (Å²) in [5.74, 6) is 0.362. The molecule has 21 heavy (non-hydrogen) atoms. The number of esters is 1. The van der Waals surface area contributed by atoms with E-state index in [-0.39, 0.29) is 23.0 Å². The van der Waals surface area contributed by atoms with Gasteiger partial charge in [-0.25, -0.2) is 0 Å². The van der Waals surface area contributed by atoms with E-state index in [1.165, 1.54) is 0 Å². The molecule has 2 rings (SSSR count). The maximum Gasteiger partial charge on any atom is 0.260 e. The minimum absolute atomic E-state index is 0. The topological polar surface area (TPSA) is 26.3 Å². The van der Waals surface area contributed by atoms with E-state index >= 15 is 0 Å². The fourth-order valence-electron chi connectivity index (χ4n) is 1.54. The van der Waals surface area contributed by atoms with Gasteiger partial charge in [-0.2, -0.15) is 12.1 Å². The first-order valence-corrected chi connectivity index (χ1v) is 7.01. The summed E-state index contributed by atoms with van der Waals surface area (Å²) in [5, 5.41) is 0. The van der Waals surface area contributed by atoms with E-state index in [0.717, 1.165) is 19.3 Å². The van der Waals surface area contributed by atoms with E-state index in [0.29, 0.717) is 11.3 Å². The van der Waals surface area contributed by atoms with E-state index in [9.17, 15) is 4.79 Å². The predicted octanol–water partition coefficient (Wildman–Crippen LogP) is 4.85. The Morgan fingerprint density at radius 3 is 2.14 bits per heavy atom. The third kappa shape index (κ3) is 9.06. The molecule has 120 valence electrons. The number of ether oxygens (including phenoxy) is 1. The Bertz CT molecular complexity index is 464. The van der Waals surface area contributed by atoms with Crippen LogP contribution in [0.1, 0.15) is 33.1 Å². The molecular weight excluding hydrogens is 304 g/mol. The number of hydrogen-bond donors (Lipinski definition) is 0. The number of unbranched alkanes of at least 4 members (excludes halogenated alkanes) is 2. The molecule has 0 fully saturated rings. The van der Waals surface area contributed by atoms with Crippen molar-refractivity contribution in [2.24, 2.45) is 0 Å². The largest absolute Gasteiger partial charge is 0.748 e. The van der Waals surface area contributed by atoms with Crippen molar-refractivity contribution in [3.8, 4) is 5.75 Å². The van der Waals surface area contributed by atoms with Gasteiger partial charge in [0.1, 0.15) is 0 Å². The van der Waals surface area contributed by atoms with Crippen LogP contribution >= 0.6 is 0 Å². The zero-order valence-electron chi connectivity index (χ0n) is 12.6. The maximum absolute atomic E-state index is 11.5. The minimum atomic E-state index is -0.252.